The van der Waals surface area contributed by atoms with Gasteiger partial charge in [-0.05, 0) is 25.7 Å². The summed E-state index contributed by atoms with van der Waals surface area (Å²) in [6.45, 7) is 0.313. The van der Waals surface area contributed by atoms with Gasteiger partial charge in [0.2, 0.25) is 5.91 Å². The molecule has 0 radical (unpaired) electrons. The fourth-order valence-electron chi connectivity index (χ4n) is 2.32. The summed E-state index contributed by atoms with van der Waals surface area (Å²) in [7, 11) is 1.82. The average Bonchev–Trinajstić information content (AvgIpc) is 3.04. The number of hydrogen-bond donors (Lipinski definition) is 2. The number of nitrogens with two attached hydrogens (primary N) is 1. The minimum absolute atomic E-state index is 0.143. The first-order valence-corrected chi connectivity index (χ1v) is 7.52. The maximum absolute atomic E-state index is 12.0. The first-order chi connectivity index (χ1) is 9.60. The predicted molar refractivity (Wildman–Crippen MR) is 74.6 cm³/mol. The standard InChI is InChI=1S/C12H18N6OS/c1-18-9(6-13)16-17-11(18)20-7-10(19)15-12(8-14)4-2-3-5-12/h2-7,13H2,1H3,(H,15,19). The maximum Gasteiger partial charge on any atom is 0.231 e. The molecule has 0 aliphatic heterocycles. The van der Waals surface area contributed by atoms with Gasteiger partial charge in [0.1, 0.15) is 11.4 Å². The van der Waals surface area contributed by atoms with E-state index in [-0.39, 0.29) is 11.7 Å². The lowest BCUT2D eigenvalue weighted by molar-refractivity contribution is -0.119. The van der Waals surface area contributed by atoms with Crippen molar-refractivity contribution in [2.24, 2.45) is 12.8 Å². The summed E-state index contributed by atoms with van der Waals surface area (Å²) in [5, 5.41) is 20.6. The highest BCUT2D eigenvalue weighted by atomic mass is 32.2. The van der Waals surface area contributed by atoms with E-state index in [0.717, 1.165) is 25.7 Å². The summed E-state index contributed by atoms with van der Waals surface area (Å²) in [4.78, 5) is 12.0. The quantitative estimate of drug-likeness (QED) is 0.757. The van der Waals surface area contributed by atoms with E-state index in [9.17, 15) is 10.1 Å². The van der Waals surface area contributed by atoms with E-state index in [2.05, 4.69) is 21.6 Å². The monoisotopic (exact) mass is 294 g/mol. The van der Waals surface area contributed by atoms with Crippen LogP contribution in [0.1, 0.15) is 31.5 Å². The Labute approximate surface area is 121 Å². The molecule has 0 bridgehead atoms. The fraction of sp³-hybridized carbons (Fsp3) is 0.667. The third-order valence-corrected chi connectivity index (χ3v) is 4.51. The fourth-order valence-corrected chi connectivity index (χ4v) is 3.05. The molecule has 1 aliphatic carbocycles. The van der Waals surface area contributed by atoms with Crippen molar-refractivity contribution in [3.63, 3.8) is 0 Å². The molecule has 1 heterocycles. The first kappa shape index (κ1) is 14.8. The Bertz CT molecular complexity index is 529. The number of amides is 1. The molecule has 2 rings (SSSR count). The molecule has 0 unspecified atom stereocenters. The highest BCUT2D eigenvalue weighted by molar-refractivity contribution is 7.99. The second-order valence-corrected chi connectivity index (χ2v) is 5.84. The SMILES string of the molecule is Cn1c(CN)nnc1SCC(=O)NC1(C#N)CCCC1. The molecule has 3 N–H and O–H groups in total. The van der Waals surface area contributed by atoms with E-state index in [1.807, 2.05) is 7.05 Å². The molecule has 0 saturated heterocycles. The zero-order valence-electron chi connectivity index (χ0n) is 11.4. The lowest BCUT2D eigenvalue weighted by atomic mass is 10.0. The van der Waals surface area contributed by atoms with E-state index in [0.29, 0.717) is 17.5 Å². The van der Waals surface area contributed by atoms with Gasteiger partial charge in [-0.2, -0.15) is 5.26 Å². The van der Waals surface area contributed by atoms with Crippen molar-refractivity contribution in [3.05, 3.63) is 5.82 Å². The van der Waals surface area contributed by atoms with E-state index < -0.39 is 5.54 Å². The topological polar surface area (TPSA) is 110 Å². The van der Waals surface area contributed by atoms with Crippen molar-refractivity contribution in [2.75, 3.05) is 5.75 Å². The lowest BCUT2D eigenvalue weighted by Crippen LogP contribution is -2.45. The van der Waals surface area contributed by atoms with Crippen LogP contribution in [0, 0.1) is 11.3 Å². The molecule has 0 atom stereocenters. The summed E-state index contributed by atoms with van der Waals surface area (Å²) in [6.07, 6.45) is 3.45. The Morgan fingerprint density at radius 2 is 2.25 bits per heavy atom. The van der Waals surface area contributed by atoms with Crippen molar-refractivity contribution in [1.29, 1.82) is 5.26 Å². The Morgan fingerprint density at radius 1 is 1.55 bits per heavy atom. The van der Waals surface area contributed by atoms with Gasteiger partial charge in [-0.25, -0.2) is 0 Å². The van der Waals surface area contributed by atoms with Gasteiger partial charge in [0.15, 0.2) is 5.16 Å². The number of rotatable bonds is 5. The third-order valence-electron chi connectivity index (χ3n) is 3.49. The summed E-state index contributed by atoms with van der Waals surface area (Å²) in [5.74, 6) is 0.757. The van der Waals surface area contributed by atoms with Gasteiger partial charge < -0.3 is 15.6 Å². The Hall–Kier alpha value is -1.59. The van der Waals surface area contributed by atoms with E-state index in [1.54, 1.807) is 4.57 Å². The van der Waals surface area contributed by atoms with Crippen LogP contribution in [0.4, 0.5) is 0 Å². The summed E-state index contributed by atoms with van der Waals surface area (Å²) in [5.41, 5.74) is 4.85. The molecule has 108 valence electrons. The van der Waals surface area contributed by atoms with E-state index in [1.165, 1.54) is 11.8 Å². The number of aromatic nitrogens is 3. The molecule has 7 nitrogen and oxygen atoms in total. The summed E-state index contributed by atoms with van der Waals surface area (Å²) in [6, 6.07) is 2.24. The number of nitrogens with zero attached hydrogens (tertiary/aromatic N) is 4. The van der Waals surface area contributed by atoms with Crippen molar-refractivity contribution in [1.82, 2.24) is 20.1 Å². The molecular weight excluding hydrogens is 276 g/mol. The highest BCUT2D eigenvalue weighted by Crippen LogP contribution is 2.29. The van der Waals surface area contributed by atoms with Crippen molar-refractivity contribution < 1.29 is 4.79 Å². The molecule has 1 saturated carbocycles. The van der Waals surface area contributed by atoms with Crippen molar-refractivity contribution in [3.8, 4) is 6.07 Å². The van der Waals surface area contributed by atoms with Gasteiger partial charge in [-0.3, -0.25) is 4.79 Å². The van der Waals surface area contributed by atoms with Gasteiger partial charge in [0.25, 0.3) is 0 Å². The zero-order chi connectivity index (χ0) is 14.6. The Kier molecular flexibility index (Phi) is 4.62. The minimum Gasteiger partial charge on any atom is -0.337 e. The number of hydrogen-bond acceptors (Lipinski definition) is 6. The number of thioether (sulfide) groups is 1. The van der Waals surface area contributed by atoms with Crippen LogP contribution in [-0.4, -0.2) is 32.0 Å². The summed E-state index contributed by atoms with van der Waals surface area (Å²) >= 11 is 1.30. The molecule has 1 aromatic rings. The van der Waals surface area contributed by atoms with Crippen LogP contribution < -0.4 is 11.1 Å². The van der Waals surface area contributed by atoms with Crippen molar-refractivity contribution in [2.45, 2.75) is 42.9 Å². The average molecular weight is 294 g/mol. The van der Waals surface area contributed by atoms with Gasteiger partial charge in [-0.1, -0.05) is 11.8 Å². The van der Waals surface area contributed by atoms with Crippen LogP contribution in [0.3, 0.4) is 0 Å². The molecule has 1 amide bonds. The molecule has 8 heteroatoms. The summed E-state index contributed by atoms with van der Waals surface area (Å²) < 4.78 is 1.77. The molecule has 1 fully saturated rings. The predicted octanol–water partition coefficient (Wildman–Crippen LogP) is 0.318. The molecule has 20 heavy (non-hydrogen) atoms. The Morgan fingerprint density at radius 3 is 2.80 bits per heavy atom. The van der Waals surface area contributed by atoms with Crippen LogP contribution in [0.15, 0.2) is 5.16 Å². The highest BCUT2D eigenvalue weighted by Gasteiger charge is 2.35. The molecule has 0 aromatic carbocycles. The second-order valence-electron chi connectivity index (χ2n) is 4.90. The number of carbonyl (C=O) groups excluding carboxylic acids is 1. The van der Waals surface area contributed by atoms with Gasteiger partial charge in [-0.15, -0.1) is 10.2 Å². The smallest absolute Gasteiger partial charge is 0.231 e. The molecule has 0 spiro atoms. The minimum atomic E-state index is -0.667. The number of carbonyl (C=O) groups is 1. The largest absolute Gasteiger partial charge is 0.337 e. The van der Waals surface area contributed by atoms with Crippen LogP contribution in [-0.2, 0) is 18.4 Å². The third kappa shape index (κ3) is 3.11. The van der Waals surface area contributed by atoms with Crippen LogP contribution in [0.25, 0.3) is 0 Å². The molecule has 1 aromatic heterocycles. The van der Waals surface area contributed by atoms with E-state index in [4.69, 9.17) is 5.73 Å². The van der Waals surface area contributed by atoms with E-state index >= 15 is 0 Å². The van der Waals surface area contributed by atoms with Crippen LogP contribution >= 0.6 is 11.8 Å². The number of nitrogens with one attached hydrogen (secondary N) is 1. The second kappa shape index (κ2) is 6.24. The molecule has 1 aliphatic rings. The molecular formula is C12H18N6OS. The lowest BCUT2D eigenvalue weighted by Gasteiger charge is -2.21. The zero-order valence-corrected chi connectivity index (χ0v) is 12.2. The number of nitriles is 1. The van der Waals surface area contributed by atoms with Gasteiger partial charge >= 0.3 is 0 Å². The van der Waals surface area contributed by atoms with Crippen LogP contribution in [0.5, 0.6) is 0 Å². The Balaban J connectivity index is 1.89. The first-order valence-electron chi connectivity index (χ1n) is 6.53. The van der Waals surface area contributed by atoms with Crippen LogP contribution in [0.2, 0.25) is 0 Å². The maximum atomic E-state index is 12.0. The van der Waals surface area contributed by atoms with Crippen molar-refractivity contribution >= 4 is 17.7 Å². The van der Waals surface area contributed by atoms with Gasteiger partial charge in [0.05, 0.1) is 18.4 Å². The normalized spacial score (nSPS) is 16.9. The van der Waals surface area contributed by atoms with Gasteiger partial charge in [0, 0.05) is 7.05 Å².